The van der Waals surface area contributed by atoms with Crippen LogP contribution in [0.15, 0.2) is 22.8 Å². The number of hydrogen-bond donors (Lipinski definition) is 3. The molecule has 2 heterocycles. The summed E-state index contributed by atoms with van der Waals surface area (Å²) in [5.41, 5.74) is 3.49. The van der Waals surface area contributed by atoms with Crippen molar-refractivity contribution in [3.63, 3.8) is 0 Å². The second-order valence-electron chi connectivity index (χ2n) is 4.57. The molecule has 1 unspecified atom stereocenters. The van der Waals surface area contributed by atoms with Crippen molar-refractivity contribution in [1.82, 2.24) is 9.97 Å². The van der Waals surface area contributed by atoms with Crippen LogP contribution < -0.4 is 16.6 Å². The number of aryl methyl sites for hydroxylation is 1. The van der Waals surface area contributed by atoms with E-state index in [0.717, 1.165) is 23.6 Å². The van der Waals surface area contributed by atoms with E-state index in [4.69, 9.17) is 10.3 Å². The molecule has 19 heavy (non-hydrogen) atoms. The smallest absolute Gasteiger partial charge is 0.148 e. The van der Waals surface area contributed by atoms with E-state index < -0.39 is 0 Å². The van der Waals surface area contributed by atoms with Gasteiger partial charge in [-0.25, -0.2) is 15.8 Å². The van der Waals surface area contributed by atoms with Gasteiger partial charge in [-0.15, -0.1) is 0 Å². The normalized spacial score (nSPS) is 12.2. The van der Waals surface area contributed by atoms with Gasteiger partial charge in [0, 0.05) is 18.0 Å². The molecule has 6 heteroatoms. The van der Waals surface area contributed by atoms with Crippen LogP contribution in [0.1, 0.15) is 24.1 Å². The number of aromatic nitrogens is 2. The van der Waals surface area contributed by atoms with Crippen molar-refractivity contribution in [3.8, 4) is 0 Å². The third kappa shape index (κ3) is 3.23. The Balaban J connectivity index is 2.12. The summed E-state index contributed by atoms with van der Waals surface area (Å²) in [6.07, 6.45) is 2.47. The Morgan fingerprint density at radius 3 is 2.68 bits per heavy atom. The molecule has 0 saturated carbocycles. The zero-order chi connectivity index (χ0) is 13.8. The van der Waals surface area contributed by atoms with Crippen LogP contribution in [0.4, 0.5) is 11.6 Å². The Bertz CT molecular complexity index is 538. The van der Waals surface area contributed by atoms with Crippen molar-refractivity contribution in [2.45, 2.75) is 33.2 Å². The fourth-order valence-electron chi connectivity index (χ4n) is 1.92. The lowest BCUT2D eigenvalue weighted by atomic mass is 10.2. The molecular weight excluding hydrogens is 242 g/mol. The molecular formula is C13H19N5O. The van der Waals surface area contributed by atoms with Crippen molar-refractivity contribution >= 4 is 11.6 Å². The summed E-state index contributed by atoms with van der Waals surface area (Å²) in [6, 6.07) is 4.05. The molecule has 6 nitrogen and oxygen atoms in total. The molecule has 2 aromatic rings. The van der Waals surface area contributed by atoms with E-state index in [2.05, 4.69) is 27.6 Å². The van der Waals surface area contributed by atoms with E-state index in [0.29, 0.717) is 11.6 Å². The molecule has 1 atom stereocenters. The highest BCUT2D eigenvalue weighted by Gasteiger charge is 2.12. The Kier molecular flexibility index (Phi) is 4.01. The SMILES string of the molecule is Cc1nc(NN)c(C)c(NC(C)Cc2ccco2)n1. The fourth-order valence-corrected chi connectivity index (χ4v) is 1.92. The molecule has 0 radical (unpaired) electrons. The molecule has 0 bridgehead atoms. The van der Waals surface area contributed by atoms with Gasteiger partial charge in [0.1, 0.15) is 23.2 Å². The molecule has 4 N–H and O–H groups in total. The summed E-state index contributed by atoms with van der Waals surface area (Å²) in [7, 11) is 0. The molecule has 0 aliphatic carbocycles. The highest BCUT2D eigenvalue weighted by atomic mass is 16.3. The van der Waals surface area contributed by atoms with Gasteiger partial charge in [0.2, 0.25) is 0 Å². The molecule has 2 aromatic heterocycles. The molecule has 102 valence electrons. The zero-order valence-corrected chi connectivity index (χ0v) is 11.4. The standard InChI is InChI=1S/C13H19N5O/c1-8(7-11-5-4-6-19-11)15-12-9(2)13(18-14)17-10(3)16-12/h4-6,8H,7,14H2,1-3H3,(H2,15,16,17,18). The maximum atomic E-state index is 5.45. The van der Waals surface area contributed by atoms with Crippen molar-refractivity contribution in [1.29, 1.82) is 0 Å². The van der Waals surface area contributed by atoms with Gasteiger partial charge in [-0.1, -0.05) is 0 Å². The maximum Gasteiger partial charge on any atom is 0.148 e. The van der Waals surface area contributed by atoms with Gasteiger partial charge < -0.3 is 15.2 Å². The molecule has 0 fully saturated rings. The Labute approximate surface area is 112 Å². The van der Waals surface area contributed by atoms with Gasteiger partial charge in [0.25, 0.3) is 0 Å². The van der Waals surface area contributed by atoms with Gasteiger partial charge in [-0.3, -0.25) is 0 Å². The molecule has 0 aliphatic heterocycles. The average molecular weight is 261 g/mol. The number of rotatable bonds is 5. The molecule has 0 saturated heterocycles. The first kappa shape index (κ1) is 13.4. The number of nitrogens with one attached hydrogen (secondary N) is 2. The minimum Gasteiger partial charge on any atom is -0.469 e. The number of furan rings is 1. The van der Waals surface area contributed by atoms with Crippen molar-refractivity contribution in [2.24, 2.45) is 5.84 Å². The van der Waals surface area contributed by atoms with Crippen molar-refractivity contribution in [3.05, 3.63) is 35.5 Å². The van der Waals surface area contributed by atoms with Crippen LogP contribution in [0.2, 0.25) is 0 Å². The van der Waals surface area contributed by atoms with E-state index >= 15 is 0 Å². The fraction of sp³-hybridized carbons (Fsp3) is 0.385. The van der Waals surface area contributed by atoms with Crippen LogP contribution in [0.25, 0.3) is 0 Å². The van der Waals surface area contributed by atoms with Crippen LogP contribution >= 0.6 is 0 Å². The lowest BCUT2D eigenvalue weighted by molar-refractivity contribution is 0.497. The van der Waals surface area contributed by atoms with Crippen LogP contribution in [-0.4, -0.2) is 16.0 Å². The third-order valence-electron chi connectivity index (χ3n) is 2.86. The van der Waals surface area contributed by atoms with Crippen LogP contribution in [-0.2, 0) is 6.42 Å². The van der Waals surface area contributed by atoms with E-state index in [1.807, 2.05) is 26.0 Å². The number of hydrazine groups is 1. The largest absolute Gasteiger partial charge is 0.469 e. The van der Waals surface area contributed by atoms with Gasteiger partial charge in [0.05, 0.1) is 6.26 Å². The van der Waals surface area contributed by atoms with Gasteiger partial charge >= 0.3 is 0 Å². The first-order chi connectivity index (χ1) is 9.10. The number of nitrogens with zero attached hydrogens (tertiary/aromatic N) is 2. The summed E-state index contributed by atoms with van der Waals surface area (Å²) in [6.45, 7) is 5.84. The van der Waals surface area contributed by atoms with Gasteiger partial charge in [0.15, 0.2) is 0 Å². The lowest BCUT2D eigenvalue weighted by Gasteiger charge is -2.17. The predicted octanol–water partition coefficient (Wildman–Crippen LogP) is 2.02. The van der Waals surface area contributed by atoms with E-state index in [-0.39, 0.29) is 6.04 Å². The highest BCUT2D eigenvalue weighted by molar-refractivity contribution is 5.57. The summed E-state index contributed by atoms with van der Waals surface area (Å²) >= 11 is 0. The number of anilines is 2. The van der Waals surface area contributed by atoms with Crippen molar-refractivity contribution < 1.29 is 4.42 Å². The number of nitrogens with two attached hydrogens (primary N) is 1. The van der Waals surface area contributed by atoms with Crippen LogP contribution in [0.3, 0.4) is 0 Å². The van der Waals surface area contributed by atoms with Crippen LogP contribution in [0.5, 0.6) is 0 Å². The monoisotopic (exact) mass is 261 g/mol. The number of hydrogen-bond acceptors (Lipinski definition) is 6. The Morgan fingerprint density at radius 2 is 2.05 bits per heavy atom. The van der Waals surface area contributed by atoms with Crippen LogP contribution in [0, 0.1) is 13.8 Å². The Hall–Kier alpha value is -2.08. The first-order valence-electron chi connectivity index (χ1n) is 6.21. The summed E-state index contributed by atoms with van der Waals surface area (Å²) in [4.78, 5) is 8.63. The van der Waals surface area contributed by atoms with E-state index in [1.54, 1.807) is 6.26 Å². The molecule has 0 amide bonds. The summed E-state index contributed by atoms with van der Waals surface area (Å²) < 4.78 is 5.34. The molecule has 0 aromatic carbocycles. The predicted molar refractivity (Wildman–Crippen MR) is 74.8 cm³/mol. The second-order valence-corrected chi connectivity index (χ2v) is 4.57. The zero-order valence-electron chi connectivity index (χ0n) is 11.4. The average Bonchev–Trinajstić information content (AvgIpc) is 2.86. The minimum absolute atomic E-state index is 0.199. The molecule has 2 rings (SSSR count). The lowest BCUT2D eigenvalue weighted by Crippen LogP contribution is -2.21. The maximum absolute atomic E-state index is 5.45. The summed E-state index contributed by atoms with van der Waals surface area (Å²) in [5.74, 6) is 8.49. The second kappa shape index (κ2) is 5.71. The summed E-state index contributed by atoms with van der Waals surface area (Å²) in [5, 5.41) is 3.36. The topological polar surface area (TPSA) is 89.0 Å². The van der Waals surface area contributed by atoms with Gasteiger partial charge in [-0.2, -0.15) is 0 Å². The first-order valence-corrected chi connectivity index (χ1v) is 6.21. The highest BCUT2D eigenvalue weighted by Crippen LogP contribution is 2.20. The molecule has 0 aliphatic rings. The Morgan fingerprint density at radius 1 is 1.32 bits per heavy atom. The van der Waals surface area contributed by atoms with Gasteiger partial charge in [-0.05, 0) is 32.9 Å². The third-order valence-corrected chi connectivity index (χ3v) is 2.86. The van der Waals surface area contributed by atoms with E-state index in [1.165, 1.54) is 0 Å². The van der Waals surface area contributed by atoms with E-state index in [9.17, 15) is 0 Å². The minimum atomic E-state index is 0.199. The quantitative estimate of drug-likeness (QED) is 0.563. The number of nitrogen functional groups attached to an aromatic ring is 1. The molecule has 0 spiro atoms. The van der Waals surface area contributed by atoms with Crippen molar-refractivity contribution in [2.75, 3.05) is 10.7 Å².